The number of nitrogens with one attached hydrogen (secondary N) is 2. The Morgan fingerprint density at radius 1 is 0.514 bits per heavy atom. The number of nitrogens with zero attached hydrogens (tertiary/aromatic N) is 4. The smallest absolute Gasteiger partial charge is 0.164 e. The Morgan fingerprint density at radius 2 is 1.03 bits per heavy atom. The van der Waals surface area contributed by atoms with Crippen LogP contribution in [-0.4, -0.2) is 29.9 Å². The lowest BCUT2D eigenvalue weighted by atomic mass is 10.0. The van der Waals surface area contributed by atoms with E-state index in [9.17, 15) is 26.3 Å². The van der Waals surface area contributed by atoms with Gasteiger partial charge in [-0.1, -0.05) is 0 Å². The number of rotatable bonds is 0. The highest BCUT2D eigenvalue weighted by molar-refractivity contribution is 6.04. The molecule has 2 aliphatic rings. The monoisotopic (exact) mass is 508 g/mol. The first-order chi connectivity index (χ1) is 17.7. The van der Waals surface area contributed by atoms with Gasteiger partial charge in [0, 0.05) is 33.9 Å². The molecule has 0 saturated heterocycles. The lowest BCUT2D eigenvalue weighted by Gasteiger charge is -2.14. The molecule has 7 rings (SSSR count). The first-order valence-electron chi connectivity index (χ1n) is 10.8. The molecule has 0 atom stereocenters. The Balaban J connectivity index is 1.68. The quantitative estimate of drug-likeness (QED) is 0.247. The van der Waals surface area contributed by atoms with Gasteiger partial charge in [0.15, 0.2) is 46.6 Å². The summed E-state index contributed by atoms with van der Waals surface area (Å²) >= 11 is 0. The Hall–Kier alpha value is -4.74. The lowest BCUT2D eigenvalue weighted by molar-refractivity contribution is 0.507. The second-order valence-corrected chi connectivity index (χ2v) is 8.56. The highest BCUT2D eigenvalue weighted by atomic mass is 19.2. The van der Waals surface area contributed by atoms with Crippen LogP contribution in [0.3, 0.4) is 0 Å². The topological polar surface area (TPSA) is 83.1 Å². The molecule has 2 N–H and O–H groups in total. The molecule has 6 nitrogen and oxygen atoms in total. The van der Waals surface area contributed by atoms with E-state index in [0.29, 0.717) is 5.56 Å². The molecule has 3 aromatic carbocycles. The maximum atomic E-state index is 14.2. The third kappa shape index (κ3) is 3.21. The minimum Gasteiger partial charge on any atom is -0.328 e. The number of benzene rings is 3. The zero-order chi connectivity index (χ0) is 25.6. The van der Waals surface area contributed by atoms with E-state index in [1.54, 1.807) is 0 Å². The number of hydrogen-bond donors (Lipinski definition) is 2. The summed E-state index contributed by atoms with van der Waals surface area (Å²) in [6, 6.07) is 5.62. The Bertz CT molecular complexity index is 1940. The fraction of sp³-hybridized carbons (Fsp3) is 0.0400. The standard InChI is InChI=1S/C25H10F6N6/c26-14-1-8-2-20-32-21(9(8)3-15(14)27)34-23-12-6-18(30)19(31)7-13(12)25(36-23)37-24-11-5-17(29)16(28)4-10(11)22(33-20)35-24/h1,3-7H,2H2,(H2,32,33,34,35,36,37). The SMILES string of the molecule is Fc1cc2c(cc1F)-c1nc3nc(nc4[nH]c(nc([nH]1)C2)c1cc(F)c(F)cc41)-c1cc(F)c(F)cc1-3. The van der Waals surface area contributed by atoms with Crippen LogP contribution in [0.2, 0.25) is 0 Å². The summed E-state index contributed by atoms with van der Waals surface area (Å²) in [5.74, 6) is -6.70. The zero-order valence-electron chi connectivity index (χ0n) is 18.2. The summed E-state index contributed by atoms with van der Waals surface area (Å²) in [6.45, 7) is 0. The molecule has 0 amide bonds. The van der Waals surface area contributed by atoms with Crippen LogP contribution in [0.15, 0.2) is 36.4 Å². The van der Waals surface area contributed by atoms with Crippen molar-refractivity contribution in [3.05, 3.63) is 82.7 Å². The molecule has 6 bridgehead atoms. The summed E-state index contributed by atoms with van der Waals surface area (Å²) in [4.78, 5) is 23.4. The number of aromatic amines is 2. The van der Waals surface area contributed by atoms with Crippen molar-refractivity contribution in [1.82, 2.24) is 29.9 Å². The van der Waals surface area contributed by atoms with E-state index >= 15 is 0 Å². The van der Waals surface area contributed by atoms with Crippen molar-refractivity contribution in [1.29, 1.82) is 0 Å². The predicted octanol–water partition coefficient (Wildman–Crippen LogP) is 5.97. The molecule has 0 fully saturated rings. The minimum atomic E-state index is -1.16. The number of hydrogen-bond acceptors (Lipinski definition) is 4. The van der Waals surface area contributed by atoms with E-state index in [0.717, 1.165) is 36.4 Å². The number of aromatic nitrogens is 6. The highest BCUT2D eigenvalue weighted by Gasteiger charge is 2.25. The largest absolute Gasteiger partial charge is 0.328 e. The molecule has 4 heterocycles. The van der Waals surface area contributed by atoms with Crippen LogP contribution >= 0.6 is 0 Å². The van der Waals surface area contributed by atoms with Gasteiger partial charge in [0.2, 0.25) is 0 Å². The molecule has 37 heavy (non-hydrogen) atoms. The van der Waals surface area contributed by atoms with Crippen molar-refractivity contribution in [3.8, 4) is 34.2 Å². The van der Waals surface area contributed by atoms with Crippen LogP contribution in [0.5, 0.6) is 0 Å². The van der Waals surface area contributed by atoms with Crippen LogP contribution in [0.25, 0.3) is 56.2 Å². The van der Waals surface area contributed by atoms with Gasteiger partial charge in [-0.2, -0.15) is 0 Å². The van der Waals surface area contributed by atoms with Crippen LogP contribution in [0.4, 0.5) is 26.3 Å². The minimum absolute atomic E-state index is 0.0164. The summed E-state index contributed by atoms with van der Waals surface area (Å²) in [5.41, 5.74) is 0.850. The first-order valence-corrected chi connectivity index (χ1v) is 10.8. The summed E-state index contributed by atoms with van der Waals surface area (Å²) < 4.78 is 85.0. The summed E-state index contributed by atoms with van der Waals surface area (Å²) in [7, 11) is 0. The maximum absolute atomic E-state index is 14.2. The molecule has 182 valence electrons. The van der Waals surface area contributed by atoms with Gasteiger partial charge in [-0.05, 0) is 42.0 Å². The lowest BCUT2D eigenvalue weighted by Crippen LogP contribution is -2.07. The summed E-state index contributed by atoms with van der Waals surface area (Å²) in [5, 5.41) is 0.331. The Morgan fingerprint density at radius 3 is 1.68 bits per heavy atom. The number of H-pyrrole nitrogens is 2. The van der Waals surface area contributed by atoms with Crippen LogP contribution in [0, 0.1) is 34.9 Å². The first kappa shape index (κ1) is 21.5. The molecular weight excluding hydrogens is 498 g/mol. The van der Waals surface area contributed by atoms with Gasteiger partial charge in [0.05, 0.1) is 0 Å². The molecule has 0 radical (unpaired) electrons. The molecule has 0 aliphatic carbocycles. The van der Waals surface area contributed by atoms with E-state index in [1.807, 2.05) is 0 Å². The Kier molecular flexibility index (Phi) is 4.30. The van der Waals surface area contributed by atoms with E-state index in [2.05, 4.69) is 29.9 Å². The molecule has 0 saturated carbocycles. The maximum Gasteiger partial charge on any atom is 0.164 e. The predicted molar refractivity (Wildman–Crippen MR) is 120 cm³/mol. The van der Waals surface area contributed by atoms with Gasteiger partial charge >= 0.3 is 0 Å². The van der Waals surface area contributed by atoms with Crippen LogP contribution < -0.4 is 0 Å². The van der Waals surface area contributed by atoms with Crippen LogP contribution in [-0.2, 0) is 6.42 Å². The Labute approximate surface area is 202 Å². The van der Waals surface area contributed by atoms with Crippen molar-refractivity contribution < 1.29 is 26.3 Å². The molecular formula is C25H10F6N6. The normalized spacial score (nSPS) is 12.5. The molecule has 0 spiro atoms. The van der Waals surface area contributed by atoms with Crippen molar-refractivity contribution in [2.24, 2.45) is 0 Å². The van der Waals surface area contributed by atoms with Gasteiger partial charge in [-0.3, -0.25) is 0 Å². The van der Waals surface area contributed by atoms with E-state index in [1.165, 1.54) is 0 Å². The number of fused-ring (bicyclic) bond motifs is 14. The van der Waals surface area contributed by atoms with Crippen molar-refractivity contribution in [2.45, 2.75) is 6.42 Å². The van der Waals surface area contributed by atoms with E-state index < -0.39 is 34.9 Å². The third-order valence-corrected chi connectivity index (χ3v) is 6.27. The third-order valence-electron chi connectivity index (χ3n) is 6.27. The molecule has 2 aliphatic heterocycles. The van der Waals surface area contributed by atoms with Gasteiger partial charge in [-0.25, -0.2) is 46.3 Å². The van der Waals surface area contributed by atoms with Crippen molar-refractivity contribution in [2.75, 3.05) is 0 Å². The zero-order valence-corrected chi connectivity index (χ0v) is 18.2. The highest BCUT2D eigenvalue weighted by Crippen LogP contribution is 2.37. The van der Waals surface area contributed by atoms with Crippen molar-refractivity contribution >= 4 is 22.1 Å². The molecule has 2 aromatic heterocycles. The van der Waals surface area contributed by atoms with E-state index in [4.69, 9.17) is 0 Å². The fourth-order valence-electron chi connectivity index (χ4n) is 4.56. The molecule has 0 unspecified atom stereocenters. The van der Waals surface area contributed by atoms with Gasteiger partial charge < -0.3 is 9.97 Å². The molecule has 5 aromatic rings. The van der Waals surface area contributed by atoms with Crippen molar-refractivity contribution in [3.63, 3.8) is 0 Å². The van der Waals surface area contributed by atoms with Gasteiger partial charge in [-0.15, -0.1) is 0 Å². The summed E-state index contributed by atoms with van der Waals surface area (Å²) in [6.07, 6.45) is 0.0164. The van der Waals surface area contributed by atoms with Gasteiger partial charge in [0.1, 0.15) is 22.9 Å². The average Bonchev–Trinajstić information content (AvgIpc) is 3.33. The average molecular weight is 508 g/mol. The van der Waals surface area contributed by atoms with Gasteiger partial charge in [0.25, 0.3) is 0 Å². The van der Waals surface area contributed by atoms with E-state index in [-0.39, 0.29) is 68.5 Å². The second kappa shape index (κ2) is 7.38. The number of halogens is 6. The molecule has 12 heteroatoms. The van der Waals surface area contributed by atoms with Crippen LogP contribution in [0.1, 0.15) is 11.4 Å². The second-order valence-electron chi connectivity index (χ2n) is 8.56. The fourth-order valence-corrected chi connectivity index (χ4v) is 4.56.